The Kier molecular flexibility index (Phi) is 3.87. The summed E-state index contributed by atoms with van der Waals surface area (Å²) < 4.78 is 50.5. The smallest absolute Gasteiger partial charge is 0.182 e. The van der Waals surface area contributed by atoms with E-state index in [9.17, 15) is 17.2 Å². The molecular weight excluding hydrogens is 294 g/mol. The summed E-state index contributed by atoms with van der Waals surface area (Å²) in [6.45, 7) is 0. The van der Waals surface area contributed by atoms with Gasteiger partial charge in [-0.25, -0.2) is 17.2 Å². The van der Waals surface area contributed by atoms with E-state index >= 15 is 0 Å². The molecule has 2 aromatic carbocycles. The molecule has 0 aliphatic rings. The molecule has 2 nitrogen and oxygen atoms in total. The zero-order chi connectivity index (χ0) is 14.0. The number of hydrogen-bond acceptors (Lipinski definition) is 2. The van der Waals surface area contributed by atoms with E-state index in [1.54, 1.807) is 0 Å². The minimum absolute atomic E-state index is 0.0168. The Balaban J connectivity index is 2.36. The zero-order valence-electron chi connectivity index (χ0n) is 9.61. The number of hydrogen-bond donors (Lipinski definition) is 0. The highest BCUT2D eigenvalue weighted by Crippen LogP contribution is 2.22. The van der Waals surface area contributed by atoms with Crippen molar-refractivity contribution in [2.75, 3.05) is 0 Å². The van der Waals surface area contributed by atoms with Crippen LogP contribution in [-0.4, -0.2) is 8.42 Å². The summed E-state index contributed by atoms with van der Waals surface area (Å²) in [7, 11) is -3.73. The molecule has 2 rings (SSSR count). The fourth-order valence-electron chi connectivity index (χ4n) is 1.59. The summed E-state index contributed by atoms with van der Waals surface area (Å²) in [5, 5.41) is -0.133. The van der Waals surface area contributed by atoms with Crippen molar-refractivity contribution in [3.63, 3.8) is 0 Å². The van der Waals surface area contributed by atoms with Crippen LogP contribution in [-0.2, 0) is 15.6 Å². The highest BCUT2D eigenvalue weighted by atomic mass is 35.5. The largest absolute Gasteiger partial charge is 0.223 e. The van der Waals surface area contributed by atoms with Crippen LogP contribution in [0.1, 0.15) is 5.56 Å². The van der Waals surface area contributed by atoms with Crippen molar-refractivity contribution in [3.05, 3.63) is 64.7 Å². The molecule has 0 saturated carbocycles. The third kappa shape index (κ3) is 3.11. The first-order valence-electron chi connectivity index (χ1n) is 5.31. The Hall–Kier alpha value is -1.46. The Morgan fingerprint density at radius 1 is 1.00 bits per heavy atom. The molecule has 0 heterocycles. The van der Waals surface area contributed by atoms with E-state index in [1.807, 2.05) is 0 Å². The first-order chi connectivity index (χ1) is 8.90. The number of halogens is 3. The summed E-state index contributed by atoms with van der Waals surface area (Å²) >= 11 is 5.59. The second-order valence-corrected chi connectivity index (χ2v) is 6.32. The Morgan fingerprint density at radius 2 is 1.63 bits per heavy atom. The minimum atomic E-state index is -3.73. The van der Waals surface area contributed by atoms with E-state index in [0.717, 1.165) is 24.3 Å². The summed E-state index contributed by atoms with van der Waals surface area (Å²) in [6.07, 6.45) is 0. The third-order valence-electron chi connectivity index (χ3n) is 2.55. The topological polar surface area (TPSA) is 34.1 Å². The van der Waals surface area contributed by atoms with E-state index in [0.29, 0.717) is 0 Å². The molecule has 0 atom stereocenters. The highest BCUT2D eigenvalue weighted by molar-refractivity contribution is 7.90. The minimum Gasteiger partial charge on any atom is -0.223 e. The van der Waals surface area contributed by atoms with Gasteiger partial charge < -0.3 is 0 Å². The van der Waals surface area contributed by atoms with Gasteiger partial charge in [0.25, 0.3) is 0 Å². The van der Waals surface area contributed by atoms with Crippen molar-refractivity contribution in [2.45, 2.75) is 10.6 Å². The summed E-state index contributed by atoms with van der Waals surface area (Å²) in [5.41, 5.74) is -0.0168. The zero-order valence-corrected chi connectivity index (χ0v) is 11.2. The van der Waals surface area contributed by atoms with E-state index in [4.69, 9.17) is 11.6 Å². The Labute approximate surface area is 114 Å². The molecule has 0 bridgehead atoms. The molecule has 0 aliphatic carbocycles. The summed E-state index contributed by atoms with van der Waals surface area (Å²) in [6, 6.07) is 8.54. The molecule has 0 fully saturated rings. The monoisotopic (exact) mass is 302 g/mol. The van der Waals surface area contributed by atoms with Gasteiger partial charge in [0.2, 0.25) is 0 Å². The van der Waals surface area contributed by atoms with Gasteiger partial charge in [0, 0.05) is 5.56 Å². The molecule has 0 amide bonds. The van der Waals surface area contributed by atoms with E-state index in [1.165, 1.54) is 18.2 Å². The molecule has 0 aromatic heterocycles. The number of rotatable bonds is 3. The average molecular weight is 303 g/mol. The van der Waals surface area contributed by atoms with Crippen molar-refractivity contribution in [3.8, 4) is 0 Å². The number of sulfone groups is 1. The maximum Gasteiger partial charge on any atom is 0.182 e. The molecule has 0 N–H and O–H groups in total. The van der Waals surface area contributed by atoms with E-state index in [-0.39, 0.29) is 15.5 Å². The van der Waals surface area contributed by atoms with Gasteiger partial charge in [-0.2, -0.15) is 0 Å². The maximum atomic E-state index is 13.7. The van der Waals surface area contributed by atoms with Crippen LogP contribution in [0, 0.1) is 11.6 Å². The Morgan fingerprint density at radius 3 is 2.26 bits per heavy atom. The van der Waals surface area contributed by atoms with Crippen molar-refractivity contribution >= 4 is 21.4 Å². The summed E-state index contributed by atoms with van der Waals surface area (Å²) in [5.74, 6) is -1.81. The predicted octanol–water partition coefficient (Wildman–Crippen LogP) is 3.59. The first kappa shape index (κ1) is 14.0. The lowest BCUT2D eigenvalue weighted by Crippen LogP contribution is -2.06. The second-order valence-electron chi connectivity index (χ2n) is 3.93. The molecule has 6 heteroatoms. The first-order valence-corrected chi connectivity index (χ1v) is 7.34. The molecule has 0 aliphatic heterocycles. The van der Waals surface area contributed by atoms with Gasteiger partial charge in [-0.3, -0.25) is 0 Å². The van der Waals surface area contributed by atoms with Crippen molar-refractivity contribution in [1.82, 2.24) is 0 Å². The highest BCUT2D eigenvalue weighted by Gasteiger charge is 2.18. The fraction of sp³-hybridized carbons (Fsp3) is 0.0769. The second kappa shape index (κ2) is 5.27. The van der Waals surface area contributed by atoms with E-state index in [2.05, 4.69) is 0 Å². The molecule has 0 radical (unpaired) electrons. The van der Waals surface area contributed by atoms with Crippen LogP contribution in [0.15, 0.2) is 47.4 Å². The molecular formula is C13H9ClF2O2S. The molecule has 19 heavy (non-hydrogen) atoms. The van der Waals surface area contributed by atoms with Gasteiger partial charge in [0.15, 0.2) is 9.84 Å². The van der Waals surface area contributed by atoms with Crippen molar-refractivity contribution < 1.29 is 17.2 Å². The SMILES string of the molecule is O=S(=O)(Cc1cccc(Cl)c1F)c1ccc(F)cc1. The van der Waals surface area contributed by atoms with Gasteiger partial charge in [0.05, 0.1) is 15.7 Å². The summed E-state index contributed by atoms with van der Waals surface area (Å²) in [4.78, 5) is -0.0618. The maximum absolute atomic E-state index is 13.7. The predicted molar refractivity (Wildman–Crippen MR) is 68.7 cm³/mol. The molecule has 0 saturated heterocycles. The van der Waals surface area contributed by atoms with Gasteiger partial charge in [0.1, 0.15) is 11.6 Å². The molecule has 0 spiro atoms. The number of benzene rings is 2. The van der Waals surface area contributed by atoms with Gasteiger partial charge in [-0.05, 0) is 30.3 Å². The van der Waals surface area contributed by atoms with Crippen molar-refractivity contribution in [1.29, 1.82) is 0 Å². The van der Waals surface area contributed by atoms with Crippen LogP contribution < -0.4 is 0 Å². The van der Waals surface area contributed by atoms with Gasteiger partial charge in [-0.15, -0.1) is 0 Å². The Bertz CT molecular complexity index is 697. The lowest BCUT2D eigenvalue weighted by molar-refractivity contribution is 0.586. The molecule has 100 valence electrons. The molecule has 2 aromatic rings. The lowest BCUT2D eigenvalue weighted by atomic mass is 10.2. The standard InChI is InChI=1S/C13H9ClF2O2S/c14-12-3-1-2-9(13(12)16)8-19(17,18)11-6-4-10(15)5-7-11/h1-7H,8H2. The quantitative estimate of drug-likeness (QED) is 0.812. The van der Waals surface area contributed by atoms with Crippen LogP contribution in [0.5, 0.6) is 0 Å². The van der Waals surface area contributed by atoms with Crippen LogP contribution in [0.3, 0.4) is 0 Å². The van der Waals surface area contributed by atoms with Gasteiger partial charge >= 0.3 is 0 Å². The normalized spacial score (nSPS) is 11.5. The average Bonchev–Trinajstić information content (AvgIpc) is 2.35. The van der Waals surface area contributed by atoms with E-state index < -0.39 is 27.2 Å². The fourth-order valence-corrected chi connectivity index (χ4v) is 3.13. The molecule has 0 unspecified atom stereocenters. The van der Waals surface area contributed by atoms with Crippen LogP contribution in [0.2, 0.25) is 5.02 Å². The van der Waals surface area contributed by atoms with Crippen LogP contribution >= 0.6 is 11.6 Å². The lowest BCUT2D eigenvalue weighted by Gasteiger charge is -2.06. The third-order valence-corrected chi connectivity index (χ3v) is 4.52. The van der Waals surface area contributed by atoms with Crippen LogP contribution in [0.25, 0.3) is 0 Å². The van der Waals surface area contributed by atoms with Crippen molar-refractivity contribution in [2.24, 2.45) is 0 Å². The van der Waals surface area contributed by atoms with Gasteiger partial charge in [-0.1, -0.05) is 23.7 Å². The van der Waals surface area contributed by atoms with Crippen LogP contribution in [0.4, 0.5) is 8.78 Å².